The van der Waals surface area contributed by atoms with E-state index in [1.54, 1.807) is 0 Å². The normalized spacial score (nSPS) is 27.4. The van der Waals surface area contributed by atoms with E-state index in [0.29, 0.717) is 0 Å². The Hall–Kier alpha value is 0.610. The lowest BCUT2D eigenvalue weighted by Gasteiger charge is -2.37. The highest BCUT2D eigenvalue weighted by Gasteiger charge is 2.22. The molecule has 2 saturated heterocycles. The summed E-state index contributed by atoms with van der Waals surface area (Å²) in [7, 11) is 2.25. The van der Waals surface area contributed by atoms with Gasteiger partial charge < -0.3 is 9.80 Å². The molecule has 0 bridgehead atoms. The second-order valence-electron chi connectivity index (χ2n) is 5.28. The van der Waals surface area contributed by atoms with Crippen molar-refractivity contribution in [1.82, 2.24) is 14.7 Å². The van der Waals surface area contributed by atoms with Crippen LogP contribution in [0.2, 0.25) is 0 Å². The molecule has 0 radical (unpaired) electrons. The van der Waals surface area contributed by atoms with Crippen molar-refractivity contribution >= 4 is 22.6 Å². The van der Waals surface area contributed by atoms with Crippen LogP contribution in [0.3, 0.4) is 0 Å². The largest absolute Gasteiger partial charge is 0.306 e. The highest BCUT2D eigenvalue weighted by atomic mass is 127. The lowest BCUT2D eigenvalue weighted by molar-refractivity contribution is 0.111. The summed E-state index contributed by atoms with van der Waals surface area (Å²) in [6.45, 7) is 9.08. The smallest absolute Gasteiger partial charge is 0.0506 e. The van der Waals surface area contributed by atoms with Crippen molar-refractivity contribution in [3.8, 4) is 0 Å². The van der Waals surface area contributed by atoms with Crippen LogP contribution in [0.1, 0.15) is 12.8 Å². The van der Waals surface area contributed by atoms with E-state index in [9.17, 15) is 0 Å². The van der Waals surface area contributed by atoms with E-state index in [1.807, 2.05) is 0 Å². The first kappa shape index (κ1) is 13.1. The van der Waals surface area contributed by atoms with Gasteiger partial charge in [-0.3, -0.25) is 4.90 Å². The maximum Gasteiger partial charge on any atom is 0.0506 e. The van der Waals surface area contributed by atoms with E-state index in [-0.39, 0.29) is 0 Å². The molecule has 0 N–H and O–H groups in total. The van der Waals surface area contributed by atoms with E-state index in [0.717, 1.165) is 5.92 Å². The maximum atomic E-state index is 2.68. The third kappa shape index (κ3) is 3.82. The second-order valence-corrected chi connectivity index (χ2v) is 5.97. The monoisotopic (exact) mass is 337 g/mol. The fourth-order valence-electron chi connectivity index (χ4n) is 2.70. The molecule has 2 rings (SSSR count). The molecule has 2 aliphatic heterocycles. The van der Waals surface area contributed by atoms with Crippen molar-refractivity contribution < 1.29 is 0 Å². The zero-order valence-electron chi connectivity index (χ0n) is 10.4. The molecule has 0 aromatic heterocycles. The van der Waals surface area contributed by atoms with E-state index in [1.165, 1.54) is 63.2 Å². The van der Waals surface area contributed by atoms with Crippen LogP contribution in [0.25, 0.3) is 0 Å². The minimum Gasteiger partial charge on any atom is -0.306 e. The molecule has 2 heterocycles. The molecule has 0 amide bonds. The Kier molecular flexibility index (Phi) is 5.32. The molecule has 2 fully saturated rings. The Morgan fingerprint density at radius 3 is 2.06 bits per heavy atom. The Morgan fingerprint density at radius 2 is 1.50 bits per heavy atom. The number of piperazine rings is 1. The van der Waals surface area contributed by atoms with Gasteiger partial charge in [-0.1, -0.05) is 22.6 Å². The number of halogens is 1. The number of piperidine rings is 1. The molecule has 2 aliphatic rings. The standard InChI is InChI=1S/C12H24IN3/c1-14-4-2-12(3-5-14)10-15-6-8-16(11-13)9-7-15/h12H,2-11H2,1H3. The number of alkyl halides is 1. The predicted molar refractivity (Wildman–Crippen MR) is 77.1 cm³/mol. The van der Waals surface area contributed by atoms with Crippen molar-refractivity contribution in [3.05, 3.63) is 0 Å². The molecular weight excluding hydrogens is 313 g/mol. The Bertz CT molecular complexity index is 196. The van der Waals surface area contributed by atoms with E-state index >= 15 is 0 Å². The van der Waals surface area contributed by atoms with E-state index < -0.39 is 0 Å². The van der Waals surface area contributed by atoms with E-state index in [4.69, 9.17) is 0 Å². The lowest BCUT2D eigenvalue weighted by Crippen LogP contribution is -2.48. The van der Waals surface area contributed by atoms with Gasteiger partial charge in [0.05, 0.1) is 4.55 Å². The summed E-state index contributed by atoms with van der Waals surface area (Å²) in [4.78, 5) is 7.69. The molecule has 0 spiro atoms. The summed E-state index contributed by atoms with van der Waals surface area (Å²) >= 11 is 2.47. The van der Waals surface area contributed by atoms with Crippen LogP contribution < -0.4 is 0 Å². The fourth-order valence-corrected chi connectivity index (χ4v) is 3.38. The van der Waals surface area contributed by atoms with Crippen molar-refractivity contribution in [2.45, 2.75) is 12.8 Å². The summed E-state index contributed by atoms with van der Waals surface area (Å²) < 4.78 is 1.19. The Balaban J connectivity index is 1.66. The molecule has 16 heavy (non-hydrogen) atoms. The third-order valence-electron chi connectivity index (χ3n) is 3.99. The highest BCUT2D eigenvalue weighted by molar-refractivity contribution is 14.1. The van der Waals surface area contributed by atoms with Gasteiger partial charge in [-0.2, -0.15) is 0 Å². The summed E-state index contributed by atoms with van der Waals surface area (Å²) in [5.74, 6) is 0.961. The third-order valence-corrected chi connectivity index (χ3v) is 4.95. The van der Waals surface area contributed by atoms with Gasteiger partial charge in [0.2, 0.25) is 0 Å². The first-order valence-corrected chi connectivity index (χ1v) is 7.99. The van der Waals surface area contributed by atoms with Crippen molar-refractivity contribution in [2.75, 3.05) is 57.4 Å². The molecule has 3 nitrogen and oxygen atoms in total. The molecule has 0 aromatic carbocycles. The zero-order chi connectivity index (χ0) is 11.4. The first-order valence-electron chi connectivity index (χ1n) is 6.47. The SMILES string of the molecule is CN1CCC(CN2CCN(CI)CC2)CC1. The predicted octanol–water partition coefficient (Wildman–Crippen LogP) is 1.34. The summed E-state index contributed by atoms with van der Waals surface area (Å²) in [6.07, 6.45) is 2.81. The molecule has 94 valence electrons. The summed E-state index contributed by atoms with van der Waals surface area (Å²) in [5, 5.41) is 0. The molecule has 0 unspecified atom stereocenters. The number of nitrogens with zero attached hydrogens (tertiary/aromatic N) is 3. The van der Waals surface area contributed by atoms with Crippen molar-refractivity contribution in [1.29, 1.82) is 0 Å². The molecule has 0 saturated carbocycles. The molecule has 0 atom stereocenters. The van der Waals surface area contributed by atoms with Gasteiger partial charge in [-0.25, -0.2) is 0 Å². The van der Waals surface area contributed by atoms with Crippen LogP contribution in [0.15, 0.2) is 0 Å². The summed E-state index contributed by atoms with van der Waals surface area (Å²) in [5.41, 5.74) is 0. The molecular formula is C12H24IN3. The van der Waals surface area contributed by atoms with Crippen LogP contribution in [0.5, 0.6) is 0 Å². The Labute approximate surface area is 113 Å². The van der Waals surface area contributed by atoms with Gasteiger partial charge in [-0.05, 0) is 38.9 Å². The second kappa shape index (κ2) is 6.52. The molecule has 0 aromatic rings. The average Bonchev–Trinajstić information content (AvgIpc) is 2.33. The van der Waals surface area contributed by atoms with Gasteiger partial charge in [0.1, 0.15) is 0 Å². The van der Waals surface area contributed by atoms with Gasteiger partial charge in [-0.15, -0.1) is 0 Å². The number of likely N-dealkylation sites (tertiary alicyclic amines) is 1. The highest BCUT2D eigenvalue weighted by Crippen LogP contribution is 2.18. The zero-order valence-corrected chi connectivity index (χ0v) is 12.5. The van der Waals surface area contributed by atoms with Gasteiger partial charge in [0, 0.05) is 32.7 Å². The van der Waals surface area contributed by atoms with Crippen LogP contribution in [-0.2, 0) is 0 Å². The molecule has 4 heteroatoms. The van der Waals surface area contributed by atoms with E-state index in [2.05, 4.69) is 44.3 Å². The van der Waals surface area contributed by atoms with Crippen LogP contribution >= 0.6 is 22.6 Å². The van der Waals surface area contributed by atoms with Crippen LogP contribution in [-0.4, -0.2) is 72.1 Å². The average molecular weight is 337 g/mol. The van der Waals surface area contributed by atoms with Crippen LogP contribution in [0, 0.1) is 5.92 Å². The molecule has 0 aliphatic carbocycles. The van der Waals surface area contributed by atoms with Crippen molar-refractivity contribution in [3.63, 3.8) is 0 Å². The fraction of sp³-hybridized carbons (Fsp3) is 1.00. The lowest BCUT2D eigenvalue weighted by atomic mass is 9.96. The first-order chi connectivity index (χ1) is 7.78. The van der Waals surface area contributed by atoms with Gasteiger partial charge >= 0.3 is 0 Å². The quantitative estimate of drug-likeness (QED) is 0.437. The van der Waals surface area contributed by atoms with Gasteiger partial charge in [0.15, 0.2) is 0 Å². The number of hydrogen-bond acceptors (Lipinski definition) is 3. The van der Waals surface area contributed by atoms with Crippen molar-refractivity contribution in [2.24, 2.45) is 5.92 Å². The number of hydrogen-bond donors (Lipinski definition) is 0. The summed E-state index contributed by atoms with van der Waals surface area (Å²) in [6, 6.07) is 0. The van der Waals surface area contributed by atoms with Crippen LogP contribution in [0.4, 0.5) is 0 Å². The topological polar surface area (TPSA) is 9.72 Å². The van der Waals surface area contributed by atoms with Gasteiger partial charge in [0.25, 0.3) is 0 Å². The minimum atomic E-state index is 0.961. The minimum absolute atomic E-state index is 0.961. The maximum absolute atomic E-state index is 2.68. The Morgan fingerprint density at radius 1 is 0.938 bits per heavy atom. The number of rotatable bonds is 3.